The summed E-state index contributed by atoms with van der Waals surface area (Å²) in [5, 5.41) is 21.4. The second kappa shape index (κ2) is 11.2. The van der Waals surface area contributed by atoms with E-state index in [1.165, 1.54) is 23.1 Å². The smallest absolute Gasteiger partial charge is 0.236 e. The minimum Gasteiger partial charge on any atom is -0.491 e. The molecule has 0 atom stereocenters. The average Bonchev–Trinajstić information content (AvgIpc) is 3.39. The summed E-state index contributed by atoms with van der Waals surface area (Å²) < 4.78 is 12.6. The van der Waals surface area contributed by atoms with Crippen LogP contribution in [0.2, 0.25) is 0 Å². The van der Waals surface area contributed by atoms with Crippen molar-refractivity contribution in [3.05, 3.63) is 30.1 Å². The van der Waals surface area contributed by atoms with Crippen molar-refractivity contribution in [1.82, 2.24) is 25.0 Å². The number of carbonyl (C=O) groups is 1. The van der Waals surface area contributed by atoms with E-state index in [1.807, 2.05) is 35.8 Å². The highest BCUT2D eigenvalue weighted by atomic mass is 32.2. The number of nitrogens with one attached hydrogen (secondary N) is 1. The molecule has 0 unspecified atom stereocenters. The fraction of sp³-hybridized carbons (Fsp3) is 0.450. The summed E-state index contributed by atoms with van der Waals surface area (Å²) in [6.45, 7) is 7.99. The number of amides is 1. The van der Waals surface area contributed by atoms with Crippen molar-refractivity contribution in [3.63, 3.8) is 0 Å². The molecule has 0 radical (unpaired) electrons. The average molecular weight is 463 g/mol. The first-order chi connectivity index (χ1) is 15.0. The van der Waals surface area contributed by atoms with Crippen LogP contribution in [0, 0.1) is 0 Å². The molecule has 166 valence electrons. The predicted octanol–water partition coefficient (Wildman–Crippen LogP) is 3.70. The largest absolute Gasteiger partial charge is 0.491 e. The molecule has 11 heteroatoms. The van der Waals surface area contributed by atoms with Crippen molar-refractivity contribution in [3.8, 4) is 16.3 Å². The molecular formula is C20H26N6O3S2. The topological polar surface area (TPSA) is 104 Å². The number of nitrogens with zero attached hydrogens (tertiary/aromatic N) is 5. The van der Waals surface area contributed by atoms with Crippen LogP contribution in [0.5, 0.6) is 5.75 Å². The summed E-state index contributed by atoms with van der Waals surface area (Å²) in [6, 6.07) is 7.56. The molecule has 0 aliphatic carbocycles. The zero-order chi connectivity index (χ0) is 22.2. The standard InChI is InChI=1S/C20H26N6O3S2/c1-5-26-17(13(2)3)22-25-20(26)30-12-16(27)21-19-24-23-18(31-19)14-6-8-15(9-7-14)29-11-10-28-4/h6-9,13H,5,10-12H2,1-4H3,(H,21,24,27). The Morgan fingerprint density at radius 2 is 1.94 bits per heavy atom. The molecule has 0 saturated carbocycles. The van der Waals surface area contributed by atoms with Crippen LogP contribution in [0.25, 0.3) is 10.6 Å². The maximum absolute atomic E-state index is 12.4. The number of thioether (sulfide) groups is 1. The van der Waals surface area contributed by atoms with Gasteiger partial charge in [0.15, 0.2) is 5.16 Å². The van der Waals surface area contributed by atoms with Crippen molar-refractivity contribution in [2.45, 2.75) is 38.4 Å². The molecule has 3 rings (SSSR count). The molecule has 0 saturated heterocycles. The van der Waals surface area contributed by atoms with E-state index in [4.69, 9.17) is 9.47 Å². The van der Waals surface area contributed by atoms with Crippen molar-refractivity contribution in [2.75, 3.05) is 31.4 Å². The van der Waals surface area contributed by atoms with Crippen LogP contribution in [-0.4, -0.2) is 56.9 Å². The first kappa shape index (κ1) is 23.2. The Bertz CT molecular complexity index is 987. The Hall–Kier alpha value is -2.50. The molecule has 3 aromatic rings. The third-order valence-electron chi connectivity index (χ3n) is 4.24. The predicted molar refractivity (Wildman–Crippen MR) is 122 cm³/mol. The Morgan fingerprint density at radius 1 is 1.16 bits per heavy atom. The van der Waals surface area contributed by atoms with Gasteiger partial charge < -0.3 is 14.0 Å². The van der Waals surface area contributed by atoms with E-state index in [0.717, 1.165) is 33.8 Å². The summed E-state index contributed by atoms with van der Waals surface area (Å²) in [5.41, 5.74) is 0.906. The van der Waals surface area contributed by atoms with Gasteiger partial charge in [-0.3, -0.25) is 10.1 Å². The van der Waals surface area contributed by atoms with Crippen LogP contribution in [0.15, 0.2) is 29.4 Å². The van der Waals surface area contributed by atoms with E-state index in [9.17, 15) is 4.79 Å². The van der Waals surface area contributed by atoms with Crippen LogP contribution in [0.1, 0.15) is 32.5 Å². The maximum Gasteiger partial charge on any atom is 0.236 e. The molecule has 31 heavy (non-hydrogen) atoms. The number of aromatic nitrogens is 5. The van der Waals surface area contributed by atoms with Gasteiger partial charge in [-0.1, -0.05) is 36.9 Å². The molecule has 1 N–H and O–H groups in total. The van der Waals surface area contributed by atoms with Gasteiger partial charge in [0.2, 0.25) is 11.0 Å². The minimum atomic E-state index is -0.161. The summed E-state index contributed by atoms with van der Waals surface area (Å²) in [5.74, 6) is 2.03. The van der Waals surface area contributed by atoms with Gasteiger partial charge in [-0.15, -0.1) is 20.4 Å². The number of hydrogen-bond donors (Lipinski definition) is 1. The van der Waals surface area contributed by atoms with Crippen molar-refractivity contribution >= 4 is 34.1 Å². The SMILES string of the molecule is CCn1c(SCC(=O)Nc2nnc(-c3ccc(OCCOC)cc3)s2)nnc1C(C)C. The van der Waals surface area contributed by atoms with Crippen molar-refractivity contribution < 1.29 is 14.3 Å². The number of methoxy groups -OCH3 is 1. The molecule has 0 spiro atoms. The van der Waals surface area contributed by atoms with Gasteiger partial charge in [-0.05, 0) is 31.2 Å². The highest BCUT2D eigenvalue weighted by molar-refractivity contribution is 7.99. The van der Waals surface area contributed by atoms with Gasteiger partial charge in [0.1, 0.15) is 23.2 Å². The maximum atomic E-state index is 12.4. The number of hydrogen-bond acceptors (Lipinski definition) is 9. The van der Waals surface area contributed by atoms with E-state index in [1.54, 1.807) is 7.11 Å². The number of benzene rings is 1. The van der Waals surface area contributed by atoms with Crippen molar-refractivity contribution in [1.29, 1.82) is 0 Å². The lowest BCUT2D eigenvalue weighted by atomic mass is 10.2. The molecule has 9 nitrogen and oxygen atoms in total. The van der Waals surface area contributed by atoms with Gasteiger partial charge in [0.05, 0.1) is 12.4 Å². The van der Waals surface area contributed by atoms with E-state index < -0.39 is 0 Å². The number of rotatable bonds is 11. The number of carbonyl (C=O) groups excluding carboxylic acids is 1. The third kappa shape index (κ3) is 6.25. The molecule has 2 aromatic heterocycles. The summed E-state index contributed by atoms with van der Waals surface area (Å²) >= 11 is 2.68. The molecular weight excluding hydrogens is 436 g/mol. The van der Waals surface area contributed by atoms with Gasteiger partial charge in [-0.2, -0.15) is 0 Å². The van der Waals surface area contributed by atoms with Crippen LogP contribution >= 0.6 is 23.1 Å². The van der Waals surface area contributed by atoms with Crippen LogP contribution in [0.4, 0.5) is 5.13 Å². The van der Waals surface area contributed by atoms with E-state index >= 15 is 0 Å². The minimum absolute atomic E-state index is 0.161. The molecule has 0 bridgehead atoms. The molecule has 0 fully saturated rings. The zero-order valence-electron chi connectivity index (χ0n) is 18.0. The number of ether oxygens (including phenoxy) is 2. The van der Waals surface area contributed by atoms with E-state index in [0.29, 0.717) is 18.3 Å². The lowest BCUT2D eigenvalue weighted by Gasteiger charge is -2.08. The Morgan fingerprint density at radius 3 is 2.61 bits per heavy atom. The van der Waals surface area contributed by atoms with Gasteiger partial charge in [0, 0.05) is 25.1 Å². The molecule has 0 aliphatic rings. The van der Waals surface area contributed by atoms with Crippen LogP contribution in [0.3, 0.4) is 0 Å². The second-order valence-electron chi connectivity index (χ2n) is 6.85. The third-order valence-corrected chi connectivity index (χ3v) is 6.09. The summed E-state index contributed by atoms with van der Waals surface area (Å²) in [4.78, 5) is 12.4. The molecule has 2 heterocycles. The summed E-state index contributed by atoms with van der Waals surface area (Å²) in [6.07, 6.45) is 0. The van der Waals surface area contributed by atoms with Crippen LogP contribution in [-0.2, 0) is 16.1 Å². The molecule has 0 aliphatic heterocycles. The van der Waals surface area contributed by atoms with Crippen LogP contribution < -0.4 is 10.1 Å². The fourth-order valence-electron chi connectivity index (χ4n) is 2.74. The Labute approximate surface area is 189 Å². The monoisotopic (exact) mass is 462 g/mol. The Balaban J connectivity index is 1.54. The first-order valence-electron chi connectivity index (χ1n) is 9.93. The normalized spacial score (nSPS) is 11.1. The van der Waals surface area contributed by atoms with E-state index in [2.05, 4.69) is 39.6 Å². The summed E-state index contributed by atoms with van der Waals surface area (Å²) in [7, 11) is 1.64. The van der Waals surface area contributed by atoms with Crippen molar-refractivity contribution in [2.24, 2.45) is 0 Å². The molecule has 1 aromatic carbocycles. The number of anilines is 1. The zero-order valence-corrected chi connectivity index (χ0v) is 19.6. The lowest BCUT2D eigenvalue weighted by Crippen LogP contribution is -2.14. The lowest BCUT2D eigenvalue weighted by molar-refractivity contribution is -0.113. The molecule has 1 amide bonds. The Kier molecular flexibility index (Phi) is 8.38. The first-order valence-corrected chi connectivity index (χ1v) is 11.7. The van der Waals surface area contributed by atoms with Gasteiger partial charge in [-0.25, -0.2) is 0 Å². The fourth-order valence-corrected chi connectivity index (χ4v) is 4.32. The quantitative estimate of drug-likeness (QED) is 0.340. The highest BCUT2D eigenvalue weighted by Gasteiger charge is 2.16. The van der Waals surface area contributed by atoms with Gasteiger partial charge in [0.25, 0.3) is 0 Å². The van der Waals surface area contributed by atoms with Gasteiger partial charge >= 0.3 is 0 Å². The highest BCUT2D eigenvalue weighted by Crippen LogP contribution is 2.28. The van der Waals surface area contributed by atoms with E-state index in [-0.39, 0.29) is 17.6 Å². The second-order valence-corrected chi connectivity index (χ2v) is 8.77.